The lowest BCUT2D eigenvalue weighted by Crippen LogP contribution is -2.48. The number of Topliss-reactive ketones (excluding diaryl/α,β-unsaturated/α-hetero) is 1. The Kier molecular flexibility index (Phi) is 5.20. The van der Waals surface area contributed by atoms with E-state index >= 15 is 0 Å². The van der Waals surface area contributed by atoms with Crippen molar-refractivity contribution in [1.29, 1.82) is 0 Å². The zero-order valence-corrected chi connectivity index (χ0v) is 19.3. The molecule has 5 heteroatoms. The lowest BCUT2D eigenvalue weighted by Gasteiger charge is -2.37. The third kappa shape index (κ3) is 3.42. The molecule has 0 spiro atoms. The number of ketones is 1. The zero-order chi connectivity index (χ0) is 23.2. The van der Waals surface area contributed by atoms with Crippen LogP contribution in [0.5, 0.6) is 0 Å². The Labute approximate surface area is 199 Å². The van der Waals surface area contributed by atoms with E-state index in [1.807, 2.05) is 36.1 Å². The van der Waals surface area contributed by atoms with Crippen molar-refractivity contribution in [2.45, 2.75) is 50.6 Å². The van der Waals surface area contributed by atoms with Crippen molar-refractivity contribution in [3.63, 3.8) is 0 Å². The maximum atomic E-state index is 13.2. The average molecular weight is 453 g/mol. The van der Waals surface area contributed by atoms with E-state index in [0.29, 0.717) is 25.0 Å². The van der Waals surface area contributed by atoms with Gasteiger partial charge in [-0.3, -0.25) is 9.78 Å². The van der Waals surface area contributed by atoms with Crippen molar-refractivity contribution in [2.24, 2.45) is 5.92 Å². The van der Waals surface area contributed by atoms with E-state index in [-0.39, 0.29) is 35.8 Å². The maximum Gasteiger partial charge on any atom is 0.410 e. The first kappa shape index (κ1) is 21.1. The molecule has 3 aliphatic rings. The van der Waals surface area contributed by atoms with Crippen molar-refractivity contribution in [3.05, 3.63) is 89.2 Å². The van der Waals surface area contributed by atoms with Crippen molar-refractivity contribution >= 4 is 11.9 Å². The predicted octanol–water partition coefficient (Wildman–Crippen LogP) is 5.76. The van der Waals surface area contributed by atoms with Gasteiger partial charge < -0.3 is 9.64 Å². The lowest BCUT2D eigenvalue weighted by atomic mass is 9.84. The Morgan fingerprint density at radius 3 is 2.15 bits per heavy atom. The summed E-state index contributed by atoms with van der Waals surface area (Å²) in [6.07, 6.45) is 4.75. The van der Waals surface area contributed by atoms with Gasteiger partial charge in [-0.05, 0) is 67.0 Å². The average Bonchev–Trinajstić information content (AvgIpc) is 3.33. The molecule has 1 aromatic heterocycles. The van der Waals surface area contributed by atoms with Gasteiger partial charge in [0.05, 0.1) is 0 Å². The fourth-order valence-electron chi connectivity index (χ4n) is 6.32. The molecule has 6 rings (SSSR count). The normalized spacial score (nSPS) is 22.9. The SMILES string of the molecule is Cc1ncccc1C(=O)C1CC2CCC(C1)N2C(=O)OCC1c2ccccc2-c2ccccc21. The van der Waals surface area contributed by atoms with Crippen LogP contribution in [0, 0.1) is 12.8 Å². The number of pyridine rings is 1. The fraction of sp³-hybridized carbons (Fsp3) is 0.345. The van der Waals surface area contributed by atoms with Gasteiger partial charge in [0.15, 0.2) is 5.78 Å². The number of carbonyl (C=O) groups is 2. The summed E-state index contributed by atoms with van der Waals surface area (Å²) in [4.78, 5) is 32.6. The zero-order valence-electron chi connectivity index (χ0n) is 19.3. The Morgan fingerprint density at radius 2 is 1.53 bits per heavy atom. The Hall–Kier alpha value is -3.47. The number of hydrogen-bond donors (Lipinski definition) is 0. The molecule has 0 radical (unpaired) electrons. The largest absolute Gasteiger partial charge is 0.448 e. The number of rotatable bonds is 4. The van der Waals surface area contributed by atoms with Gasteiger partial charge in [0, 0.05) is 41.4 Å². The molecule has 3 aromatic rings. The number of aryl methyl sites for hydroxylation is 1. The molecule has 0 saturated carbocycles. The van der Waals surface area contributed by atoms with Crippen LogP contribution in [0.4, 0.5) is 4.79 Å². The lowest BCUT2D eigenvalue weighted by molar-refractivity contribution is 0.0505. The highest BCUT2D eigenvalue weighted by atomic mass is 16.6. The third-order valence-corrected chi connectivity index (χ3v) is 7.92. The molecule has 5 nitrogen and oxygen atoms in total. The molecule has 2 bridgehead atoms. The quantitative estimate of drug-likeness (QED) is 0.472. The molecule has 172 valence electrons. The second-order valence-corrected chi connectivity index (χ2v) is 9.77. The number of amides is 1. The minimum atomic E-state index is -0.238. The number of fused-ring (bicyclic) bond motifs is 5. The van der Waals surface area contributed by atoms with Gasteiger partial charge >= 0.3 is 6.09 Å². The number of piperidine rings is 1. The predicted molar refractivity (Wildman–Crippen MR) is 130 cm³/mol. The van der Waals surface area contributed by atoms with Crippen LogP contribution in [0.2, 0.25) is 0 Å². The van der Waals surface area contributed by atoms with Crippen LogP contribution in [0.3, 0.4) is 0 Å². The molecular weight excluding hydrogens is 424 g/mol. The topological polar surface area (TPSA) is 59.5 Å². The summed E-state index contributed by atoms with van der Waals surface area (Å²) in [6.45, 7) is 2.22. The minimum absolute atomic E-state index is 0.0571. The van der Waals surface area contributed by atoms with Gasteiger partial charge in [-0.15, -0.1) is 0 Å². The van der Waals surface area contributed by atoms with Crippen LogP contribution < -0.4 is 0 Å². The van der Waals surface area contributed by atoms with E-state index in [1.165, 1.54) is 22.3 Å². The fourth-order valence-corrected chi connectivity index (χ4v) is 6.32. The highest BCUT2D eigenvalue weighted by molar-refractivity contribution is 5.99. The molecule has 1 amide bonds. The Bertz CT molecular complexity index is 1210. The molecule has 2 atom stereocenters. The molecule has 2 unspecified atom stereocenters. The molecule has 3 heterocycles. The first-order valence-electron chi connectivity index (χ1n) is 12.2. The summed E-state index contributed by atoms with van der Waals surface area (Å²) in [5.74, 6) is 0.161. The molecule has 1 aliphatic carbocycles. The number of hydrogen-bond acceptors (Lipinski definition) is 4. The van der Waals surface area contributed by atoms with E-state index in [2.05, 4.69) is 41.4 Å². The summed E-state index contributed by atoms with van der Waals surface area (Å²) < 4.78 is 5.95. The standard InChI is InChI=1S/C29H28N2O3/c1-18-22(11-6-14-30-18)28(32)19-15-20-12-13-21(16-19)31(20)29(33)34-17-27-25-9-4-2-7-23(25)24-8-3-5-10-26(24)27/h2-11,14,19-21,27H,12-13,15-17H2,1H3. The van der Waals surface area contributed by atoms with Crippen LogP contribution in [-0.4, -0.2) is 40.5 Å². The van der Waals surface area contributed by atoms with E-state index in [4.69, 9.17) is 4.74 Å². The minimum Gasteiger partial charge on any atom is -0.448 e. The molecule has 2 aromatic carbocycles. The second-order valence-electron chi connectivity index (χ2n) is 9.77. The first-order chi connectivity index (χ1) is 16.6. The molecule has 0 N–H and O–H groups in total. The van der Waals surface area contributed by atoms with E-state index in [1.54, 1.807) is 6.20 Å². The van der Waals surface area contributed by atoms with Crippen LogP contribution >= 0.6 is 0 Å². The Balaban J connectivity index is 1.15. The van der Waals surface area contributed by atoms with Gasteiger partial charge in [-0.25, -0.2) is 4.79 Å². The van der Waals surface area contributed by atoms with Crippen molar-refractivity contribution in [2.75, 3.05) is 6.61 Å². The van der Waals surface area contributed by atoms with Crippen LogP contribution in [-0.2, 0) is 4.74 Å². The van der Waals surface area contributed by atoms with Crippen molar-refractivity contribution < 1.29 is 14.3 Å². The highest BCUT2D eigenvalue weighted by Crippen LogP contribution is 2.45. The van der Waals surface area contributed by atoms with Crippen LogP contribution in [0.25, 0.3) is 11.1 Å². The van der Waals surface area contributed by atoms with E-state index < -0.39 is 0 Å². The van der Waals surface area contributed by atoms with Crippen molar-refractivity contribution in [1.82, 2.24) is 9.88 Å². The number of carbonyl (C=O) groups excluding carboxylic acids is 2. The highest BCUT2D eigenvalue weighted by Gasteiger charge is 2.46. The number of ether oxygens (including phenoxy) is 1. The van der Waals surface area contributed by atoms with Gasteiger partial charge in [0.1, 0.15) is 6.61 Å². The smallest absolute Gasteiger partial charge is 0.410 e. The molecule has 2 fully saturated rings. The van der Waals surface area contributed by atoms with E-state index in [0.717, 1.165) is 18.5 Å². The summed E-state index contributed by atoms with van der Waals surface area (Å²) in [7, 11) is 0. The molecular formula is C29H28N2O3. The molecule has 34 heavy (non-hydrogen) atoms. The van der Waals surface area contributed by atoms with Crippen LogP contribution in [0.15, 0.2) is 66.9 Å². The molecule has 2 aliphatic heterocycles. The van der Waals surface area contributed by atoms with E-state index in [9.17, 15) is 9.59 Å². The van der Waals surface area contributed by atoms with Gasteiger partial charge in [-0.1, -0.05) is 48.5 Å². The monoisotopic (exact) mass is 452 g/mol. The summed E-state index contributed by atoms with van der Waals surface area (Å²) in [6, 6.07) is 20.6. The first-order valence-corrected chi connectivity index (χ1v) is 12.2. The summed E-state index contributed by atoms with van der Waals surface area (Å²) in [5.41, 5.74) is 6.38. The summed E-state index contributed by atoms with van der Waals surface area (Å²) >= 11 is 0. The number of nitrogens with zero attached hydrogens (tertiary/aromatic N) is 2. The number of benzene rings is 2. The van der Waals surface area contributed by atoms with Gasteiger partial charge in [-0.2, -0.15) is 0 Å². The Morgan fingerprint density at radius 1 is 0.912 bits per heavy atom. The summed E-state index contributed by atoms with van der Waals surface area (Å²) in [5, 5.41) is 0. The number of aromatic nitrogens is 1. The van der Waals surface area contributed by atoms with Gasteiger partial charge in [0.2, 0.25) is 0 Å². The van der Waals surface area contributed by atoms with Crippen molar-refractivity contribution in [3.8, 4) is 11.1 Å². The van der Waals surface area contributed by atoms with Crippen LogP contribution in [0.1, 0.15) is 58.8 Å². The third-order valence-electron chi connectivity index (χ3n) is 7.92. The van der Waals surface area contributed by atoms with Gasteiger partial charge in [0.25, 0.3) is 0 Å². The second kappa shape index (κ2) is 8.39. The molecule has 2 saturated heterocycles. The maximum absolute atomic E-state index is 13.2.